The summed E-state index contributed by atoms with van der Waals surface area (Å²) < 4.78 is 28.4. The summed E-state index contributed by atoms with van der Waals surface area (Å²) in [6.07, 6.45) is 3.77. The molecule has 2 N–H and O–H groups in total. The van der Waals surface area contributed by atoms with Crippen LogP contribution >= 0.6 is 0 Å². The number of rotatable bonds is 3. The monoisotopic (exact) mass is 292 g/mol. The van der Waals surface area contributed by atoms with Gasteiger partial charge in [-0.25, -0.2) is 4.98 Å². The number of hydrogen-bond acceptors (Lipinski definition) is 4. The van der Waals surface area contributed by atoms with E-state index in [1.54, 1.807) is 22.9 Å². The fraction of sp³-hybridized carbons (Fsp3) is 0.308. The molecule has 1 aromatic heterocycles. The molecule has 0 unspecified atom stereocenters. The van der Waals surface area contributed by atoms with Crippen LogP contribution in [0.2, 0.25) is 0 Å². The predicted octanol–water partition coefficient (Wildman–Crippen LogP) is 1.24. The van der Waals surface area contributed by atoms with Crippen molar-refractivity contribution in [1.29, 1.82) is 0 Å². The van der Waals surface area contributed by atoms with Crippen LogP contribution in [0, 0.1) is 0 Å². The average Bonchev–Trinajstić information content (AvgIpc) is 3.04. The van der Waals surface area contributed by atoms with Gasteiger partial charge in [-0.15, -0.1) is 0 Å². The van der Waals surface area contributed by atoms with Gasteiger partial charge in [0.1, 0.15) is 0 Å². The molecule has 0 saturated heterocycles. The van der Waals surface area contributed by atoms with Crippen LogP contribution in [-0.2, 0) is 23.0 Å². The third kappa shape index (κ3) is 1.94. The summed E-state index contributed by atoms with van der Waals surface area (Å²) in [7, 11) is -3.59. The number of hydrogen-bond donors (Lipinski definition) is 1. The molecule has 1 aliphatic heterocycles. The number of nitrogens with two attached hydrogens (primary N) is 1. The van der Waals surface area contributed by atoms with E-state index in [9.17, 15) is 8.42 Å². The van der Waals surface area contributed by atoms with Gasteiger partial charge < -0.3 is 10.3 Å². The van der Waals surface area contributed by atoms with Gasteiger partial charge in [0.2, 0.25) is 0 Å². The zero-order valence-electron chi connectivity index (χ0n) is 11.2. The molecule has 0 aliphatic carbocycles. The average molecular weight is 292 g/mol. The largest absolute Gasteiger partial charge is 0.399 e. The molecule has 1 aromatic carbocycles. The third-order valence-corrected chi connectivity index (χ3v) is 5.18. The highest BCUT2D eigenvalue weighted by molar-refractivity contribution is 7.92. The van der Waals surface area contributed by atoms with Crippen LogP contribution in [0.5, 0.6) is 0 Å². The standard InChI is InChI=1S/C13H16N4O2S/c1-2-16-8-13(15-9-16)20(18,19)17-6-5-10-7-11(14)3-4-12(10)17/h3-4,7-9H,2,5-6,14H2,1H3. The van der Waals surface area contributed by atoms with Crippen molar-refractivity contribution < 1.29 is 8.42 Å². The van der Waals surface area contributed by atoms with Gasteiger partial charge in [0.05, 0.1) is 12.0 Å². The molecule has 0 atom stereocenters. The molecular formula is C13H16N4O2S. The van der Waals surface area contributed by atoms with E-state index < -0.39 is 10.0 Å². The number of benzene rings is 1. The topological polar surface area (TPSA) is 81.2 Å². The molecule has 20 heavy (non-hydrogen) atoms. The van der Waals surface area contributed by atoms with E-state index in [2.05, 4.69) is 4.98 Å². The lowest BCUT2D eigenvalue weighted by molar-refractivity contribution is 0.589. The summed E-state index contributed by atoms with van der Waals surface area (Å²) >= 11 is 0. The number of sulfonamides is 1. The SMILES string of the molecule is CCn1cnc(S(=O)(=O)N2CCc3cc(N)ccc32)c1. The second kappa shape index (κ2) is 4.52. The molecule has 1 aliphatic rings. The van der Waals surface area contributed by atoms with Gasteiger partial charge in [-0.05, 0) is 37.1 Å². The Morgan fingerprint density at radius 1 is 1.40 bits per heavy atom. The van der Waals surface area contributed by atoms with Gasteiger partial charge in [0.25, 0.3) is 10.0 Å². The number of nitrogen functional groups attached to an aromatic ring is 1. The van der Waals surface area contributed by atoms with E-state index in [1.807, 2.05) is 13.0 Å². The maximum atomic E-state index is 12.6. The van der Waals surface area contributed by atoms with Crippen LogP contribution < -0.4 is 10.0 Å². The van der Waals surface area contributed by atoms with Crippen molar-refractivity contribution in [2.24, 2.45) is 0 Å². The van der Waals surface area contributed by atoms with Gasteiger partial charge in [-0.3, -0.25) is 4.31 Å². The Labute approximate surface area is 117 Å². The van der Waals surface area contributed by atoms with Crippen LogP contribution in [0.1, 0.15) is 12.5 Å². The lowest BCUT2D eigenvalue weighted by atomic mass is 10.1. The summed E-state index contributed by atoms with van der Waals surface area (Å²) in [4.78, 5) is 4.00. The Morgan fingerprint density at radius 2 is 2.20 bits per heavy atom. The van der Waals surface area contributed by atoms with Crippen molar-refractivity contribution in [2.45, 2.75) is 24.9 Å². The molecule has 106 valence electrons. The Balaban J connectivity index is 2.02. The lowest BCUT2D eigenvalue weighted by Crippen LogP contribution is -2.29. The maximum absolute atomic E-state index is 12.6. The maximum Gasteiger partial charge on any atom is 0.283 e. The van der Waals surface area contributed by atoms with E-state index in [0.717, 1.165) is 5.56 Å². The molecule has 0 bridgehead atoms. The minimum atomic E-state index is -3.59. The van der Waals surface area contributed by atoms with Crippen molar-refractivity contribution in [3.63, 3.8) is 0 Å². The predicted molar refractivity (Wildman–Crippen MR) is 77.0 cm³/mol. The number of fused-ring (bicyclic) bond motifs is 1. The Hall–Kier alpha value is -2.02. The Morgan fingerprint density at radius 3 is 2.90 bits per heavy atom. The zero-order chi connectivity index (χ0) is 14.3. The second-order valence-electron chi connectivity index (χ2n) is 4.76. The minimum Gasteiger partial charge on any atom is -0.399 e. The molecule has 6 nitrogen and oxygen atoms in total. The van der Waals surface area contributed by atoms with Crippen molar-refractivity contribution in [3.8, 4) is 0 Å². The molecule has 2 heterocycles. The molecular weight excluding hydrogens is 276 g/mol. The van der Waals surface area contributed by atoms with Crippen LogP contribution in [0.15, 0.2) is 35.7 Å². The van der Waals surface area contributed by atoms with Crippen LogP contribution in [-0.4, -0.2) is 24.5 Å². The van der Waals surface area contributed by atoms with E-state index in [-0.39, 0.29) is 5.03 Å². The highest BCUT2D eigenvalue weighted by Gasteiger charge is 2.32. The van der Waals surface area contributed by atoms with E-state index in [1.165, 1.54) is 10.6 Å². The smallest absolute Gasteiger partial charge is 0.283 e. The summed E-state index contributed by atoms with van der Waals surface area (Å²) in [5.41, 5.74) is 8.05. The number of nitrogens with zero attached hydrogens (tertiary/aromatic N) is 3. The molecule has 2 aromatic rings. The molecule has 0 spiro atoms. The number of aryl methyl sites for hydroxylation is 1. The van der Waals surface area contributed by atoms with Crippen molar-refractivity contribution >= 4 is 21.4 Å². The number of anilines is 2. The van der Waals surface area contributed by atoms with Gasteiger partial charge in [0.15, 0.2) is 5.03 Å². The summed E-state index contributed by atoms with van der Waals surface area (Å²) in [6.45, 7) is 3.06. The molecule has 3 rings (SSSR count). The first-order chi connectivity index (χ1) is 9.52. The second-order valence-corrected chi connectivity index (χ2v) is 6.57. The van der Waals surface area contributed by atoms with Gasteiger partial charge in [-0.2, -0.15) is 8.42 Å². The summed E-state index contributed by atoms with van der Waals surface area (Å²) in [6, 6.07) is 5.30. The Bertz CT molecular complexity index is 751. The molecule has 0 fully saturated rings. The van der Waals surface area contributed by atoms with Crippen LogP contribution in [0.25, 0.3) is 0 Å². The highest BCUT2D eigenvalue weighted by atomic mass is 32.2. The van der Waals surface area contributed by atoms with E-state index in [0.29, 0.717) is 30.9 Å². The fourth-order valence-electron chi connectivity index (χ4n) is 2.40. The fourth-order valence-corrected chi connectivity index (χ4v) is 3.84. The normalized spacial score (nSPS) is 14.6. The first-order valence-electron chi connectivity index (χ1n) is 6.45. The molecule has 0 saturated carbocycles. The zero-order valence-corrected chi connectivity index (χ0v) is 12.0. The molecule has 7 heteroatoms. The Kier molecular flexibility index (Phi) is 2.93. The van der Waals surface area contributed by atoms with Gasteiger partial charge in [0, 0.05) is 25.0 Å². The van der Waals surface area contributed by atoms with E-state index >= 15 is 0 Å². The first-order valence-corrected chi connectivity index (χ1v) is 7.89. The molecule has 0 radical (unpaired) electrons. The number of imidazole rings is 1. The summed E-state index contributed by atoms with van der Waals surface area (Å²) in [5, 5.41) is 0.0871. The van der Waals surface area contributed by atoms with E-state index in [4.69, 9.17) is 5.73 Å². The van der Waals surface area contributed by atoms with Crippen LogP contribution in [0.4, 0.5) is 11.4 Å². The lowest BCUT2D eigenvalue weighted by Gasteiger charge is -2.18. The summed E-state index contributed by atoms with van der Waals surface area (Å²) in [5.74, 6) is 0. The third-order valence-electron chi connectivity index (χ3n) is 3.49. The van der Waals surface area contributed by atoms with Crippen LogP contribution in [0.3, 0.4) is 0 Å². The van der Waals surface area contributed by atoms with Gasteiger partial charge in [-0.1, -0.05) is 0 Å². The quantitative estimate of drug-likeness (QED) is 0.863. The van der Waals surface area contributed by atoms with Crippen molar-refractivity contribution in [3.05, 3.63) is 36.3 Å². The van der Waals surface area contributed by atoms with Crippen molar-refractivity contribution in [1.82, 2.24) is 9.55 Å². The molecule has 0 amide bonds. The number of aromatic nitrogens is 2. The van der Waals surface area contributed by atoms with Gasteiger partial charge >= 0.3 is 0 Å². The van der Waals surface area contributed by atoms with Crippen molar-refractivity contribution in [2.75, 3.05) is 16.6 Å². The minimum absolute atomic E-state index is 0.0871. The first kappa shape index (κ1) is 13.0. The highest BCUT2D eigenvalue weighted by Crippen LogP contribution is 2.33.